The molecule has 13 heavy (non-hydrogen) atoms. The molecule has 0 bridgehead atoms. The fraction of sp³-hybridized carbons (Fsp3) is 0.667. The molecule has 0 fully saturated rings. The van der Waals surface area contributed by atoms with Crippen LogP contribution in [0.1, 0.15) is 46.1 Å². The van der Waals surface area contributed by atoms with Crippen molar-refractivity contribution in [2.24, 2.45) is 5.41 Å². The van der Waals surface area contributed by atoms with Crippen LogP contribution in [0.4, 0.5) is 0 Å². The van der Waals surface area contributed by atoms with Crippen LogP contribution in [0.25, 0.3) is 0 Å². The van der Waals surface area contributed by atoms with E-state index in [0.717, 1.165) is 17.9 Å². The summed E-state index contributed by atoms with van der Waals surface area (Å²) >= 11 is 0. The minimum atomic E-state index is 0. The van der Waals surface area contributed by atoms with Crippen LogP contribution < -0.4 is 0 Å². The summed E-state index contributed by atoms with van der Waals surface area (Å²) in [5.74, 6) is 2.12. The van der Waals surface area contributed by atoms with Crippen molar-refractivity contribution in [3.8, 4) is 0 Å². The van der Waals surface area contributed by atoms with Gasteiger partial charge in [0.1, 0.15) is 11.5 Å². The summed E-state index contributed by atoms with van der Waals surface area (Å²) in [6.45, 7) is 8.74. The third-order valence-corrected chi connectivity index (χ3v) is 2.41. The van der Waals surface area contributed by atoms with Gasteiger partial charge in [-0.1, -0.05) is 34.6 Å². The maximum atomic E-state index is 5.52. The highest BCUT2D eigenvalue weighted by molar-refractivity contribution is 5.07. The molecule has 1 nitrogen and oxygen atoms in total. The topological polar surface area (TPSA) is 13.1 Å². The zero-order valence-electron chi connectivity index (χ0n) is 8.48. The third-order valence-electron chi connectivity index (χ3n) is 2.41. The standard InChI is InChI=1S/C11H18O.CH4/c1-5-11(3,4)8-10-7-6-9(2)12-10;/h6-7H,5,8H2,1-4H3;1H4. The van der Waals surface area contributed by atoms with E-state index < -0.39 is 0 Å². The molecule has 0 radical (unpaired) electrons. The first kappa shape index (κ1) is 12.3. The molecule has 76 valence electrons. The van der Waals surface area contributed by atoms with Crippen molar-refractivity contribution in [1.82, 2.24) is 0 Å². The lowest BCUT2D eigenvalue weighted by molar-refractivity contribution is 0.314. The number of furan rings is 1. The second-order valence-electron chi connectivity index (χ2n) is 4.21. The first-order chi connectivity index (χ1) is 5.53. The zero-order valence-corrected chi connectivity index (χ0v) is 8.48. The number of rotatable bonds is 3. The van der Waals surface area contributed by atoms with Gasteiger partial charge >= 0.3 is 0 Å². The van der Waals surface area contributed by atoms with Crippen LogP contribution in [-0.4, -0.2) is 0 Å². The summed E-state index contributed by atoms with van der Waals surface area (Å²) in [5, 5.41) is 0. The van der Waals surface area contributed by atoms with E-state index in [0.29, 0.717) is 5.41 Å². The highest BCUT2D eigenvalue weighted by Crippen LogP contribution is 2.25. The lowest BCUT2D eigenvalue weighted by Gasteiger charge is -2.20. The van der Waals surface area contributed by atoms with E-state index in [1.165, 1.54) is 6.42 Å². The van der Waals surface area contributed by atoms with Crippen LogP contribution in [-0.2, 0) is 6.42 Å². The van der Waals surface area contributed by atoms with E-state index in [4.69, 9.17) is 4.42 Å². The second kappa shape index (κ2) is 4.50. The summed E-state index contributed by atoms with van der Waals surface area (Å²) in [5.41, 5.74) is 0.365. The molecular formula is C12H22O. The van der Waals surface area contributed by atoms with Crippen molar-refractivity contribution in [1.29, 1.82) is 0 Å². The molecule has 1 heterocycles. The molecule has 0 amide bonds. The molecule has 0 saturated carbocycles. The van der Waals surface area contributed by atoms with Gasteiger partial charge in [-0.2, -0.15) is 0 Å². The van der Waals surface area contributed by atoms with Gasteiger partial charge in [0.25, 0.3) is 0 Å². The van der Waals surface area contributed by atoms with Crippen molar-refractivity contribution in [2.45, 2.75) is 48.0 Å². The first-order valence-corrected chi connectivity index (χ1v) is 4.59. The maximum absolute atomic E-state index is 5.52. The Kier molecular flexibility index (Phi) is 4.25. The Morgan fingerprint density at radius 3 is 2.31 bits per heavy atom. The van der Waals surface area contributed by atoms with Gasteiger partial charge in [0.15, 0.2) is 0 Å². The molecular weight excluding hydrogens is 160 g/mol. The molecule has 0 aliphatic rings. The molecule has 1 aromatic rings. The summed E-state index contributed by atoms with van der Waals surface area (Å²) in [7, 11) is 0. The van der Waals surface area contributed by atoms with Crippen LogP contribution in [0.15, 0.2) is 16.5 Å². The van der Waals surface area contributed by atoms with Crippen molar-refractivity contribution in [3.63, 3.8) is 0 Å². The Bertz CT molecular complexity index is 245. The Morgan fingerprint density at radius 2 is 1.92 bits per heavy atom. The Morgan fingerprint density at radius 1 is 1.31 bits per heavy atom. The van der Waals surface area contributed by atoms with Gasteiger partial charge in [-0.3, -0.25) is 0 Å². The first-order valence-electron chi connectivity index (χ1n) is 4.59. The van der Waals surface area contributed by atoms with E-state index in [2.05, 4.69) is 26.8 Å². The van der Waals surface area contributed by atoms with E-state index in [9.17, 15) is 0 Å². The minimum absolute atomic E-state index is 0. The Balaban J connectivity index is 0.00000144. The van der Waals surface area contributed by atoms with Gasteiger partial charge in [-0.05, 0) is 24.5 Å². The van der Waals surface area contributed by atoms with Crippen LogP contribution in [0.5, 0.6) is 0 Å². The number of hydrogen-bond acceptors (Lipinski definition) is 1. The van der Waals surface area contributed by atoms with Gasteiger partial charge in [-0.25, -0.2) is 0 Å². The molecule has 1 rings (SSSR count). The third kappa shape index (κ3) is 3.67. The highest BCUT2D eigenvalue weighted by atomic mass is 16.3. The Hall–Kier alpha value is -0.720. The summed E-state index contributed by atoms with van der Waals surface area (Å²) < 4.78 is 5.52. The average Bonchev–Trinajstić information content (AvgIpc) is 2.35. The van der Waals surface area contributed by atoms with Crippen LogP contribution in [0, 0.1) is 12.3 Å². The minimum Gasteiger partial charge on any atom is -0.466 e. The molecule has 0 aliphatic heterocycles. The smallest absolute Gasteiger partial charge is 0.104 e. The number of aryl methyl sites for hydroxylation is 1. The quantitative estimate of drug-likeness (QED) is 0.682. The molecule has 0 spiro atoms. The van der Waals surface area contributed by atoms with Crippen molar-refractivity contribution < 1.29 is 4.42 Å². The average molecular weight is 182 g/mol. The van der Waals surface area contributed by atoms with Gasteiger partial charge in [-0.15, -0.1) is 0 Å². The monoisotopic (exact) mass is 182 g/mol. The van der Waals surface area contributed by atoms with Crippen LogP contribution in [0.3, 0.4) is 0 Å². The molecule has 1 aromatic heterocycles. The van der Waals surface area contributed by atoms with Gasteiger partial charge in [0, 0.05) is 6.42 Å². The Labute approximate surface area is 82.2 Å². The largest absolute Gasteiger partial charge is 0.466 e. The van der Waals surface area contributed by atoms with Gasteiger partial charge in [0.2, 0.25) is 0 Å². The second-order valence-corrected chi connectivity index (χ2v) is 4.21. The summed E-state index contributed by atoms with van der Waals surface area (Å²) in [4.78, 5) is 0. The van der Waals surface area contributed by atoms with Crippen LogP contribution >= 0.6 is 0 Å². The maximum Gasteiger partial charge on any atom is 0.104 e. The molecule has 0 aliphatic carbocycles. The molecule has 0 aromatic carbocycles. The molecule has 0 saturated heterocycles. The number of hydrogen-bond donors (Lipinski definition) is 0. The van der Waals surface area contributed by atoms with Crippen molar-refractivity contribution in [2.75, 3.05) is 0 Å². The molecule has 0 N–H and O–H groups in total. The van der Waals surface area contributed by atoms with Crippen molar-refractivity contribution >= 4 is 0 Å². The lowest BCUT2D eigenvalue weighted by atomic mass is 9.86. The predicted octanol–water partition coefficient (Wildman–Crippen LogP) is 4.20. The van der Waals surface area contributed by atoms with E-state index >= 15 is 0 Å². The SMILES string of the molecule is C.CCC(C)(C)Cc1ccc(C)o1. The fourth-order valence-corrected chi connectivity index (χ4v) is 1.18. The van der Waals surface area contributed by atoms with Gasteiger partial charge in [0.05, 0.1) is 0 Å². The van der Waals surface area contributed by atoms with Crippen molar-refractivity contribution in [3.05, 3.63) is 23.7 Å². The van der Waals surface area contributed by atoms with Crippen LogP contribution in [0.2, 0.25) is 0 Å². The van der Waals surface area contributed by atoms with E-state index in [-0.39, 0.29) is 7.43 Å². The molecule has 0 atom stereocenters. The molecule has 1 heteroatoms. The fourth-order valence-electron chi connectivity index (χ4n) is 1.18. The van der Waals surface area contributed by atoms with E-state index in [1.54, 1.807) is 0 Å². The van der Waals surface area contributed by atoms with Gasteiger partial charge < -0.3 is 4.42 Å². The molecule has 0 unspecified atom stereocenters. The summed E-state index contributed by atoms with van der Waals surface area (Å²) in [6.07, 6.45) is 2.23. The highest BCUT2D eigenvalue weighted by Gasteiger charge is 2.17. The summed E-state index contributed by atoms with van der Waals surface area (Å²) in [6, 6.07) is 4.10. The predicted molar refractivity (Wildman–Crippen MR) is 58.0 cm³/mol. The van der Waals surface area contributed by atoms with E-state index in [1.807, 2.05) is 13.0 Å². The normalized spacial score (nSPS) is 11.1. The lowest BCUT2D eigenvalue weighted by Crippen LogP contribution is -2.12. The zero-order chi connectivity index (χ0) is 9.19.